The molecule has 1 saturated carbocycles. The summed E-state index contributed by atoms with van der Waals surface area (Å²) >= 11 is 8.03. The van der Waals surface area contributed by atoms with E-state index >= 15 is 0 Å². The Bertz CT molecular complexity index is 1100. The summed E-state index contributed by atoms with van der Waals surface area (Å²) in [7, 11) is 0. The van der Waals surface area contributed by atoms with Crippen LogP contribution in [0.15, 0.2) is 18.3 Å². The van der Waals surface area contributed by atoms with E-state index in [1.165, 1.54) is 23.3 Å². The molecule has 0 bridgehead atoms. The molecular weight excluding hydrogens is 418 g/mol. The third kappa shape index (κ3) is 3.42. The number of thiophene rings is 1. The Morgan fingerprint density at radius 2 is 2.13 bits per heavy atom. The largest absolute Gasteiger partial charge is 0.369 e. The standard InChI is InChI=1S/C22H26ClN5OS/c1-14-12-28-18(21(24-14)25-16-2-3-16)11-17(26-28)13-27-7-5-22(6-8-27)20-15(4-9-29-22)10-19(23)30-20/h10-12,16H,2-9,13H2,1H3,(H,24,25). The van der Waals surface area contributed by atoms with Crippen molar-refractivity contribution in [1.82, 2.24) is 19.5 Å². The van der Waals surface area contributed by atoms with Gasteiger partial charge in [-0.15, -0.1) is 11.3 Å². The highest BCUT2D eigenvalue weighted by Gasteiger charge is 2.42. The van der Waals surface area contributed by atoms with Crippen LogP contribution in [-0.4, -0.2) is 45.2 Å². The number of likely N-dealkylation sites (tertiary alicyclic amines) is 1. The second kappa shape index (κ2) is 7.19. The Morgan fingerprint density at radius 3 is 2.93 bits per heavy atom. The van der Waals surface area contributed by atoms with Crippen LogP contribution in [0.3, 0.4) is 0 Å². The van der Waals surface area contributed by atoms with Gasteiger partial charge in [-0.25, -0.2) is 9.50 Å². The van der Waals surface area contributed by atoms with E-state index in [0.29, 0.717) is 6.04 Å². The molecule has 1 saturated heterocycles. The quantitative estimate of drug-likeness (QED) is 0.648. The van der Waals surface area contributed by atoms with Crippen molar-refractivity contribution < 1.29 is 4.74 Å². The molecule has 0 unspecified atom stereocenters. The molecular formula is C22H26ClN5OS. The number of aryl methyl sites for hydroxylation is 1. The molecule has 3 aliphatic rings. The van der Waals surface area contributed by atoms with Gasteiger partial charge in [0.2, 0.25) is 0 Å². The first-order valence-corrected chi connectivity index (χ1v) is 12.0. The Labute approximate surface area is 185 Å². The lowest BCUT2D eigenvalue weighted by Crippen LogP contribution is -2.45. The Hall–Kier alpha value is -1.67. The third-order valence-electron chi connectivity index (χ3n) is 6.54. The Morgan fingerprint density at radius 1 is 1.30 bits per heavy atom. The average Bonchev–Trinajstić information content (AvgIpc) is 3.30. The van der Waals surface area contributed by atoms with Gasteiger partial charge < -0.3 is 10.1 Å². The lowest BCUT2D eigenvalue weighted by atomic mass is 9.85. The number of halogens is 1. The number of aromatic nitrogens is 3. The van der Waals surface area contributed by atoms with Gasteiger partial charge >= 0.3 is 0 Å². The van der Waals surface area contributed by atoms with Crippen molar-refractivity contribution in [2.75, 3.05) is 25.0 Å². The first-order chi connectivity index (χ1) is 14.6. The molecule has 6 nitrogen and oxygen atoms in total. The van der Waals surface area contributed by atoms with Gasteiger partial charge in [0.15, 0.2) is 5.82 Å². The van der Waals surface area contributed by atoms with Crippen molar-refractivity contribution in [3.05, 3.63) is 44.5 Å². The summed E-state index contributed by atoms with van der Waals surface area (Å²) in [5.74, 6) is 0.964. The van der Waals surface area contributed by atoms with Crippen LogP contribution < -0.4 is 5.32 Å². The van der Waals surface area contributed by atoms with E-state index in [4.69, 9.17) is 26.4 Å². The number of rotatable bonds is 4. The highest BCUT2D eigenvalue weighted by molar-refractivity contribution is 7.16. The molecule has 1 spiro atoms. The van der Waals surface area contributed by atoms with E-state index in [0.717, 1.165) is 72.6 Å². The van der Waals surface area contributed by atoms with Gasteiger partial charge in [0, 0.05) is 30.6 Å². The summed E-state index contributed by atoms with van der Waals surface area (Å²) in [4.78, 5) is 8.57. The van der Waals surface area contributed by atoms with E-state index in [1.807, 2.05) is 17.6 Å². The molecule has 8 heteroatoms. The predicted molar refractivity (Wildman–Crippen MR) is 120 cm³/mol. The lowest BCUT2D eigenvalue weighted by Gasteiger charge is -2.43. The van der Waals surface area contributed by atoms with Crippen LogP contribution in [0.4, 0.5) is 5.82 Å². The number of nitrogens with zero attached hydrogens (tertiary/aromatic N) is 4. The van der Waals surface area contributed by atoms with Crippen molar-refractivity contribution in [3.63, 3.8) is 0 Å². The van der Waals surface area contributed by atoms with E-state index in [-0.39, 0.29) is 5.60 Å². The molecule has 158 valence electrons. The molecule has 5 heterocycles. The van der Waals surface area contributed by atoms with Gasteiger partial charge in [0.1, 0.15) is 11.1 Å². The molecule has 6 rings (SSSR count). The zero-order valence-electron chi connectivity index (χ0n) is 17.2. The fourth-order valence-electron chi connectivity index (χ4n) is 4.83. The molecule has 1 aliphatic carbocycles. The van der Waals surface area contributed by atoms with Crippen LogP contribution in [0.25, 0.3) is 5.52 Å². The van der Waals surface area contributed by atoms with Gasteiger partial charge in [-0.2, -0.15) is 5.10 Å². The summed E-state index contributed by atoms with van der Waals surface area (Å²) < 4.78 is 9.22. The van der Waals surface area contributed by atoms with Crippen LogP contribution in [0.5, 0.6) is 0 Å². The van der Waals surface area contributed by atoms with Gasteiger partial charge in [-0.1, -0.05) is 11.6 Å². The fraction of sp³-hybridized carbons (Fsp3) is 0.545. The number of anilines is 1. The van der Waals surface area contributed by atoms with Crippen LogP contribution in [0, 0.1) is 6.92 Å². The maximum absolute atomic E-state index is 6.35. The van der Waals surface area contributed by atoms with E-state index in [9.17, 15) is 0 Å². The van der Waals surface area contributed by atoms with E-state index < -0.39 is 0 Å². The van der Waals surface area contributed by atoms with Crippen molar-refractivity contribution in [2.24, 2.45) is 0 Å². The number of hydrogen-bond donors (Lipinski definition) is 1. The average molecular weight is 444 g/mol. The van der Waals surface area contributed by atoms with Gasteiger partial charge in [-0.05, 0) is 56.7 Å². The smallest absolute Gasteiger partial charge is 0.152 e. The Balaban J connectivity index is 1.19. The lowest BCUT2D eigenvalue weighted by molar-refractivity contribution is -0.0961. The minimum atomic E-state index is -0.136. The van der Waals surface area contributed by atoms with E-state index in [2.05, 4.69) is 22.3 Å². The minimum Gasteiger partial charge on any atom is -0.369 e. The molecule has 3 aromatic heterocycles. The second-order valence-corrected chi connectivity index (χ2v) is 10.6. The van der Waals surface area contributed by atoms with Crippen LogP contribution in [0.2, 0.25) is 4.34 Å². The van der Waals surface area contributed by atoms with Crippen LogP contribution >= 0.6 is 22.9 Å². The molecule has 2 fully saturated rings. The molecule has 1 N–H and O–H groups in total. The van der Waals surface area contributed by atoms with Crippen molar-refractivity contribution in [1.29, 1.82) is 0 Å². The zero-order chi connectivity index (χ0) is 20.3. The molecule has 0 amide bonds. The van der Waals surface area contributed by atoms with Gasteiger partial charge in [0.05, 0.1) is 28.5 Å². The number of piperidine rings is 1. The highest BCUT2D eigenvalue weighted by atomic mass is 35.5. The first-order valence-electron chi connectivity index (χ1n) is 10.9. The van der Waals surface area contributed by atoms with Crippen molar-refractivity contribution in [2.45, 2.75) is 57.2 Å². The third-order valence-corrected chi connectivity index (χ3v) is 8.03. The van der Waals surface area contributed by atoms with Crippen LogP contribution in [0.1, 0.15) is 47.5 Å². The maximum atomic E-state index is 6.35. The Kier molecular flexibility index (Phi) is 4.57. The summed E-state index contributed by atoms with van der Waals surface area (Å²) in [6.07, 6.45) is 7.49. The topological polar surface area (TPSA) is 54.7 Å². The normalized spacial score (nSPS) is 21.3. The fourth-order valence-corrected chi connectivity index (χ4v) is 6.33. The van der Waals surface area contributed by atoms with Crippen molar-refractivity contribution >= 4 is 34.3 Å². The molecule has 2 aliphatic heterocycles. The van der Waals surface area contributed by atoms with Gasteiger partial charge in [-0.3, -0.25) is 4.90 Å². The molecule has 0 atom stereocenters. The predicted octanol–water partition coefficient (Wildman–Crippen LogP) is 4.39. The number of hydrogen-bond acceptors (Lipinski definition) is 6. The molecule has 0 radical (unpaired) electrons. The first kappa shape index (κ1) is 19.0. The molecule has 3 aromatic rings. The second-order valence-electron chi connectivity index (χ2n) is 8.89. The summed E-state index contributed by atoms with van der Waals surface area (Å²) in [5.41, 5.74) is 4.41. The molecule has 0 aromatic carbocycles. The highest BCUT2D eigenvalue weighted by Crippen LogP contribution is 2.46. The minimum absolute atomic E-state index is 0.136. The summed E-state index contributed by atoms with van der Waals surface area (Å²) in [5, 5.41) is 8.40. The summed E-state index contributed by atoms with van der Waals surface area (Å²) in [6, 6.07) is 4.90. The molecule has 30 heavy (non-hydrogen) atoms. The van der Waals surface area contributed by atoms with Gasteiger partial charge in [0.25, 0.3) is 0 Å². The maximum Gasteiger partial charge on any atom is 0.152 e. The zero-order valence-corrected chi connectivity index (χ0v) is 18.7. The number of ether oxygens (including phenoxy) is 1. The summed E-state index contributed by atoms with van der Waals surface area (Å²) in [6.45, 7) is 5.70. The van der Waals surface area contributed by atoms with E-state index in [1.54, 1.807) is 11.3 Å². The monoisotopic (exact) mass is 443 g/mol. The van der Waals surface area contributed by atoms with Crippen molar-refractivity contribution in [3.8, 4) is 0 Å². The number of fused-ring (bicyclic) bond motifs is 3. The SMILES string of the molecule is Cc1cn2nc(CN3CCC4(CC3)OCCc3cc(Cl)sc34)cc2c(NC2CC2)n1. The van der Waals surface area contributed by atoms with Crippen LogP contribution in [-0.2, 0) is 23.3 Å². The number of nitrogens with one attached hydrogen (secondary N) is 1.